The van der Waals surface area contributed by atoms with Crippen molar-refractivity contribution in [3.63, 3.8) is 0 Å². The molecule has 0 N–H and O–H groups in total. The van der Waals surface area contributed by atoms with Crippen LogP contribution in [0.3, 0.4) is 0 Å². The SMILES string of the molecule is [Ir+3].[c-]1ccccc1-c1ccccn1.[c-]1ccccc1-c1ccccn1.[c-]1ccccc1-c1ccccn1.c1ccc2c(c1)c1ccccc1n2-c1ccc(N(c2ccc(-n3c4ccccc4c4ccccc43)cc2)c2ccc(-n3c4ccccc4c4ccccc43)cc2)cc1. The fraction of sp³-hybridized carbons (Fsp3) is 0. The van der Waals surface area contributed by atoms with Gasteiger partial charge >= 0.3 is 20.1 Å². The fourth-order valence-corrected chi connectivity index (χ4v) is 12.5. The molecule has 0 fully saturated rings. The predicted molar refractivity (Wildman–Crippen MR) is 390 cm³/mol. The topological polar surface area (TPSA) is 56.7 Å². The number of aromatic nitrogens is 6. The van der Waals surface area contributed by atoms with E-state index in [1.807, 2.05) is 127 Å². The van der Waals surface area contributed by atoms with E-state index >= 15 is 0 Å². The Morgan fingerprint density at radius 2 is 0.442 bits per heavy atom. The molecule has 6 aromatic heterocycles. The molecule has 0 amide bonds. The molecule has 0 saturated carbocycles. The second-order valence-electron chi connectivity index (χ2n) is 22.5. The molecular formula is C87H60IrN7. The Balaban J connectivity index is 0.000000168. The average Bonchev–Trinajstić information content (AvgIpc) is 1.64. The molecule has 0 aliphatic rings. The molecule has 0 unspecified atom stereocenters. The molecule has 18 aromatic rings. The van der Waals surface area contributed by atoms with Crippen molar-refractivity contribution in [1.29, 1.82) is 0 Å². The molecule has 95 heavy (non-hydrogen) atoms. The van der Waals surface area contributed by atoms with Crippen LogP contribution in [-0.2, 0) is 20.1 Å². The zero-order valence-corrected chi connectivity index (χ0v) is 54.0. The first-order chi connectivity index (χ1) is 46.7. The molecule has 0 aliphatic carbocycles. The zero-order chi connectivity index (χ0) is 62.8. The van der Waals surface area contributed by atoms with Crippen LogP contribution in [0.5, 0.6) is 0 Å². The molecule has 0 aliphatic heterocycles. The second kappa shape index (κ2) is 28.2. The van der Waals surface area contributed by atoms with Gasteiger partial charge in [-0.2, -0.15) is 0 Å². The van der Waals surface area contributed by atoms with Crippen LogP contribution in [0.2, 0.25) is 0 Å². The third-order valence-corrected chi connectivity index (χ3v) is 16.8. The van der Waals surface area contributed by atoms with E-state index < -0.39 is 0 Å². The maximum atomic E-state index is 4.22. The molecule has 12 aromatic carbocycles. The summed E-state index contributed by atoms with van der Waals surface area (Å²) in [4.78, 5) is 15.0. The molecule has 0 saturated heterocycles. The summed E-state index contributed by atoms with van der Waals surface area (Å²) in [6.07, 6.45) is 5.36. The van der Waals surface area contributed by atoms with E-state index in [1.165, 1.54) is 65.4 Å². The molecule has 0 spiro atoms. The van der Waals surface area contributed by atoms with Gasteiger partial charge in [-0.1, -0.05) is 146 Å². The number of fused-ring (bicyclic) bond motifs is 9. The van der Waals surface area contributed by atoms with Crippen molar-refractivity contribution in [2.24, 2.45) is 0 Å². The van der Waals surface area contributed by atoms with Crippen LogP contribution < -0.4 is 4.90 Å². The molecule has 0 radical (unpaired) electrons. The summed E-state index contributed by atoms with van der Waals surface area (Å²) < 4.78 is 7.12. The van der Waals surface area contributed by atoms with Crippen molar-refractivity contribution in [1.82, 2.24) is 28.7 Å². The van der Waals surface area contributed by atoms with Crippen molar-refractivity contribution in [2.75, 3.05) is 4.90 Å². The van der Waals surface area contributed by atoms with E-state index in [9.17, 15) is 0 Å². The monoisotopic (exact) mass is 1400 g/mol. The fourth-order valence-electron chi connectivity index (χ4n) is 12.5. The van der Waals surface area contributed by atoms with Gasteiger partial charge in [-0.05, 0) is 144 Å². The third kappa shape index (κ3) is 12.6. The molecule has 7 nitrogen and oxygen atoms in total. The Morgan fingerprint density at radius 1 is 0.221 bits per heavy atom. The summed E-state index contributed by atoms with van der Waals surface area (Å²) >= 11 is 0. The molecular weight excluding hydrogens is 1340 g/mol. The minimum absolute atomic E-state index is 0. The quantitative estimate of drug-likeness (QED) is 0.135. The number of hydrogen-bond acceptors (Lipinski definition) is 4. The van der Waals surface area contributed by atoms with Crippen molar-refractivity contribution < 1.29 is 20.1 Å². The maximum absolute atomic E-state index is 4.22. The van der Waals surface area contributed by atoms with Crippen LogP contribution in [0.15, 0.2) is 364 Å². The number of hydrogen-bond donors (Lipinski definition) is 0. The minimum atomic E-state index is 0. The van der Waals surface area contributed by atoms with Crippen molar-refractivity contribution >= 4 is 82.5 Å². The second-order valence-corrected chi connectivity index (χ2v) is 22.5. The Hall–Kier alpha value is -12.1. The van der Waals surface area contributed by atoms with Crippen LogP contribution in [0.4, 0.5) is 17.1 Å². The van der Waals surface area contributed by atoms with Crippen LogP contribution in [0.25, 0.3) is 116 Å². The van der Waals surface area contributed by atoms with E-state index in [0.29, 0.717) is 0 Å². The van der Waals surface area contributed by atoms with Gasteiger partial charge < -0.3 is 33.6 Å². The molecule has 8 heteroatoms. The third-order valence-electron chi connectivity index (χ3n) is 16.8. The first-order valence-electron chi connectivity index (χ1n) is 31.4. The van der Waals surface area contributed by atoms with Crippen molar-refractivity contribution in [3.8, 4) is 50.8 Å². The van der Waals surface area contributed by atoms with Crippen LogP contribution >= 0.6 is 0 Å². The number of para-hydroxylation sites is 6. The standard InChI is InChI=1S/C54H36N4.3C11H8N.Ir/c1-7-19-49-43(13-1)44-14-2-8-20-50(44)56(49)40-31-25-37(26-32-40)55(38-27-33-41(34-28-38)57-51-21-9-3-15-45(51)46-16-4-10-22-52(46)57)39-29-35-42(36-30-39)58-53-23-11-5-17-47(53)48-18-6-12-24-54(48)58;3*1-2-6-10(7-3-1)11-8-4-5-9-12-11;/h1-36H;3*1-6,8-9H;/q;3*-1;+3. The Bertz CT molecular complexity index is 4680. The van der Waals surface area contributed by atoms with Crippen LogP contribution in [-0.4, -0.2) is 28.7 Å². The Morgan fingerprint density at radius 3 is 0.653 bits per heavy atom. The summed E-state index contributed by atoms with van der Waals surface area (Å²) in [5, 5.41) is 7.56. The van der Waals surface area contributed by atoms with Gasteiger partial charge in [-0.15, -0.1) is 108 Å². The first-order valence-corrected chi connectivity index (χ1v) is 31.4. The van der Waals surface area contributed by atoms with Crippen LogP contribution in [0, 0.1) is 18.2 Å². The van der Waals surface area contributed by atoms with Gasteiger partial charge in [0.05, 0.1) is 33.1 Å². The van der Waals surface area contributed by atoms with Gasteiger partial charge in [0.1, 0.15) is 0 Å². The Labute approximate surface area is 565 Å². The molecule has 452 valence electrons. The van der Waals surface area contributed by atoms with Gasteiger partial charge in [0.25, 0.3) is 0 Å². The molecule has 0 atom stereocenters. The summed E-state index contributed by atoms with van der Waals surface area (Å²) in [5.41, 5.74) is 19.9. The molecule has 6 heterocycles. The number of rotatable bonds is 9. The summed E-state index contributed by atoms with van der Waals surface area (Å²) in [6, 6.07) is 130. The van der Waals surface area contributed by atoms with E-state index in [0.717, 1.165) is 67.9 Å². The number of nitrogens with zero attached hydrogens (tertiary/aromatic N) is 7. The molecule has 18 rings (SSSR count). The van der Waals surface area contributed by atoms with Gasteiger partial charge in [-0.3, -0.25) is 0 Å². The number of anilines is 3. The van der Waals surface area contributed by atoms with E-state index in [1.54, 1.807) is 18.6 Å². The van der Waals surface area contributed by atoms with E-state index in [2.05, 4.69) is 270 Å². The van der Waals surface area contributed by atoms with Crippen LogP contribution in [0.1, 0.15) is 0 Å². The van der Waals surface area contributed by atoms with E-state index in [-0.39, 0.29) is 20.1 Å². The summed E-state index contributed by atoms with van der Waals surface area (Å²) in [5.74, 6) is 0. The zero-order valence-electron chi connectivity index (χ0n) is 51.6. The number of benzene rings is 12. The maximum Gasteiger partial charge on any atom is 3.00 e. The first kappa shape index (κ1) is 60.5. The van der Waals surface area contributed by atoms with Gasteiger partial charge in [0, 0.05) is 85.0 Å². The predicted octanol–water partition coefficient (Wildman–Crippen LogP) is 22.1. The van der Waals surface area contributed by atoms with Gasteiger partial charge in [0.15, 0.2) is 0 Å². The smallest absolute Gasteiger partial charge is 0.310 e. The Kier molecular flexibility index (Phi) is 18.0. The van der Waals surface area contributed by atoms with Gasteiger partial charge in [0.2, 0.25) is 0 Å². The normalized spacial score (nSPS) is 10.9. The number of pyridine rings is 3. The van der Waals surface area contributed by atoms with Crippen molar-refractivity contribution in [3.05, 3.63) is 383 Å². The summed E-state index contributed by atoms with van der Waals surface area (Å²) in [6.45, 7) is 0. The minimum Gasteiger partial charge on any atom is -0.310 e. The van der Waals surface area contributed by atoms with Gasteiger partial charge in [-0.25, -0.2) is 0 Å². The summed E-state index contributed by atoms with van der Waals surface area (Å²) in [7, 11) is 0. The largest absolute Gasteiger partial charge is 3.00 e. The average molecular weight is 1400 g/mol. The van der Waals surface area contributed by atoms with Crippen molar-refractivity contribution in [2.45, 2.75) is 0 Å². The molecule has 0 bridgehead atoms. The van der Waals surface area contributed by atoms with E-state index in [4.69, 9.17) is 0 Å².